The second-order valence-electron chi connectivity index (χ2n) is 4.14. The lowest BCUT2D eigenvalue weighted by Gasteiger charge is -2.26. The standard InChI is InChI=1S/C10H15NO3/c1-4-5-8-7-6-13-10(2,3)11(7)9(12)14-8/h4,7-8H,1,5-6H2,2-3H3/t7-,8-/m1/s1. The maximum atomic E-state index is 11.5. The van der Waals surface area contributed by atoms with E-state index in [1.165, 1.54) is 0 Å². The van der Waals surface area contributed by atoms with Gasteiger partial charge in [0, 0.05) is 6.42 Å². The largest absolute Gasteiger partial charge is 0.443 e. The number of amides is 1. The SMILES string of the molecule is C=CC[C@H]1OC(=O)N2[C@@H]1COC2(C)C. The van der Waals surface area contributed by atoms with Crippen LogP contribution in [-0.2, 0) is 9.47 Å². The topological polar surface area (TPSA) is 38.8 Å². The van der Waals surface area contributed by atoms with Crippen LogP contribution in [0.2, 0.25) is 0 Å². The van der Waals surface area contributed by atoms with Crippen molar-refractivity contribution in [3.8, 4) is 0 Å². The maximum absolute atomic E-state index is 11.5. The van der Waals surface area contributed by atoms with Gasteiger partial charge in [0.2, 0.25) is 0 Å². The molecule has 1 amide bonds. The highest BCUT2D eigenvalue weighted by Gasteiger charge is 2.53. The predicted molar refractivity (Wildman–Crippen MR) is 50.7 cm³/mol. The van der Waals surface area contributed by atoms with Crippen LogP contribution in [-0.4, -0.2) is 35.5 Å². The van der Waals surface area contributed by atoms with Crippen molar-refractivity contribution in [2.75, 3.05) is 6.61 Å². The number of nitrogens with zero attached hydrogens (tertiary/aromatic N) is 1. The molecule has 2 saturated heterocycles. The predicted octanol–water partition coefficient (Wildman–Crippen LogP) is 1.52. The first-order valence-corrected chi connectivity index (χ1v) is 4.81. The van der Waals surface area contributed by atoms with E-state index in [1.54, 1.807) is 11.0 Å². The second-order valence-corrected chi connectivity index (χ2v) is 4.14. The smallest absolute Gasteiger partial charge is 0.412 e. The lowest BCUT2D eigenvalue weighted by Crippen LogP contribution is -2.43. The summed E-state index contributed by atoms with van der Waals surface area (Å²) in [5.74, 6) is 0. The molecule has 2 aliphatic rings. The first-order chi connectivity index (χ1) is 6.56. The molecule has 78 valence electrons. The molecule has 2 fully saturated rings. The van der Waals surface area contributed by atoms with Crippen molar-refractivity contribution < 1.29 is 14.3 Å². The molecular formula is C10H15NO3. The Labute approximate surface area is 83.5 Å². The van der Waals surface area contributed by atoms with Gasteiger partial charge < -0.3 is 9.47 Å². The van der Waals surface area contributed by atoms with Crippen molar-refractivity contribution in [3.63, 3.8) is 0 Å². The van der Waals surface area contributed by atoms with Gasteiger partial charge in [0.1, 0.15) is 11.8 Å². The van der Waals surface area contributed by atoms with Crippen molar-refractivity contribution >= 4 is 6.09 Å². The molecule has 0 aromatic rings. The Hall–Kier alpha value is -1.03. The summed E-state index contributed by atoms with van der Waals surface area (Å²) >= 11 is 0. The number of hydrogen-bond acceptors (Lipinski definition) is 3. The first kappa shape index (κ1) is 9.52. The number of carbonyl (C=O) groups excluding carboxylic acids is 1. The Morgan fingerprint density at radius 3 is 3.07 bits per heavy atom. The Bertz CT molecular complexity index is 275. The van der Waals surface area contributed by atoms with Crippen molar-refractivity contribution in [3.05, 3.63) is 12.7 Å². The number of fused-ring (bicyclic) bond motifs is 1. The molecule has 0 saturated carbocycles. The lowest BCUT2D eigenvalue weighted by molar-refractivity contribution is -0.0387. The van der Waals surface area contributed by atoms with Gasteiger partial charge in [0.05, 0.1) is 12.6 Å². The van der Waals surface area contributed by atoms with Gasteiger partial charge in [-0.05, 0) is 13.8 Å². The van der Waals surface area contributed by atoms with E-state index < -0.39 is 5.72 Å². The van der Waals surface area contributed by atoms with Gasteiger partial charge in [-0.15, -0.1) is 6.58 Å². The molecule has 0 unspecified atom stereocenters. The van der Waals surface area contributed by atoms with Crippen LogP contribution in [0.5, 0.6) is 0 Å². The van der Waals surface area contributed by atoms with E-state index in [2.05, 4.69) is 6.58 Å². The van der Waals surface area contributed by atoms with Gasteiger partial charge in [-0.25, -0.2) is 4.79 Å². The van der Waals surface area contributed by atoms with Crippen LogP contribution in [0.15, 0.2) is 12.7 Å². The summed E-state index contributed by atoms with van der Waals surface area (Å²) in [6, 6.07) is 0.0514. The quantitative estimate of drug-likeness (QED) is 0.630. The summed E-state index contributed by atoms with van der Waals surface area (Å²) in [6.07, 6.45) is 2.09. The second kappa shape index (κ2) is 2.98. The molecule has 0 radical (unpaired) electrons. The molecular weight excluding hydrogens is 182 g/mol. The number of cyclic esters (lactones) is 1. The van der Waals surface area contributed by atoms with E-state index in [4.69, 9.17) is 9.47 Å². The third-order valence-corrected chi connectivity index (χ3v) is 2.80. The summed E-state index contributed by atoms with van der Waals surface area (Å²) in [5.41, 5.74) is -0.530. The van der Waals surface area contributed by atoms with E-state index >= 15 is 0 Å². The summed E-state index contributed by atoms with van der Waals surface area (Å²) in [7, 11) is 0. The molecule has 0 N–H and O–H groups in total. The van der Waals surface area contributed by atoms with Crippen molar-refractivity contribution in [1.29, 1.82) is 0 Å². The van der Waals surface area contributed by atoms with Crippen molar-refractivity contribution in [1.82, 2.24) is 4.90 Å². The highest BCUT2D eigenvalue weighted by molar-refractivity contribution is 5.72. The summed E-state index contributed by atoms with van der Waals surface area (Å²) < 4.78 is 10.8. The molecule has 0 aliphatic carbocycles. The van der Waals surface area contributed by atoms with Crippen molar-refractivity contribution in [2.24, 2.45) is 0 Å². The third kappa shape index (κ3) is 1.21. The van der Waals surface area contributed by atoms with E-state index in [9.17, 15) is 4.79 Å². The van der Waals surface area contributed by atoms with Crippen LogP contribution in [0.25, 0.3) is 0 Å². The fourth-order valence-corrected chi connectivity index (χ4v) is 2.10. The molecule has 0 aromatic carbocycles. The third-order valence-electron chi connectivity index (χ3n) is 2.80. The van der Waals surface area contributed by atoms with E-state index in [-0.39, 0.29) is 18.2 Å². The van der Waals surface area contributed by atoms with Crippen LogP contribution in [0.1, 0.15) is 20.3 Å². The monoisotopic (exact) mass is 197 g/mol. The van der Waals surface area contributed by atoms with E-state index in [0.29, 0.717) is 13.0 Å². The molecule has 0 aromatic heterocycles. The Morgan fingerprint density at radius 1 is 1.71 bits per heavy atom. The highest BCUT2D eigenvalue weighted by Crippen LogP contribution is 2.36. The van der Waals surface area contributed by atoms with Gasteiger partial charge >= 0.3 is 6.09 Å². The molecule has 0 spiro atoms. The van der Waals surface area contributed by atoms with Gasteiger partial charge in [-0.3, -0.25) is 4.90 Å². The van der Waals surface area contributed by atoms with Crippen LogP contribution in [0.3, 0.4) is 0 Å². The first-order valence-electron chi connectivity index (χ1n) is 4.81. The lowest BCUT2D eigenvalue weighted by atomic mass is 10.1. The molecule has 2 heterocycles. The average Bonchev–Trinajstić information content (AvgIpc) is 2.55. The highest BCUT2D eigenvalue weighted by atomic mass is 16.6. The normalized spacial score (nSPS) is 34.1. The minimum absolute atomic E-state index is 0.0514. The summed E-state index contributed by atoms with van der Waals surface area (Å²) in [4.78, 5) is 13.2. The van der Waals surface area contributed by atoms with Crippen LogP contribution in [0.4, 0.5) is 4.79 Å². The minimum atomic E-state index is -0.530. The number of hydrogen-bond donors (Lipinski definition) is 0. The fraction of sp³-hybridized carbons (Fsp3) is 0.700. The molecule has 2 rings (SSSR count). The van der Waals surface area contributed by atoms with Crippen LogP contribution < -0.4 is 0 Å². The van der Waals surface area contributed by atoms with E-state index in [1.807, 2.05) is 13.8 Å². The Balaban J connectivity index is 2.20. The zero-order valence-electron chi connectivity index (χ0n) is 8.53. The number of rotatable bonds is 2. The molecule has 2 aliphatic heterocycles. The maximum Gasteiger partial charge on any atom is 0.412 e. The Kier molecular flexibility index (Phi) is 2.03. The molecule has 0 bridgehead atoms. The van der Waals surface area contributed by atoms with Gasteiger partial charge in [0.15, 0.2) is 0 Å². The van der Waals surface area contributed by atoms with Crippen molar-refractivity contribution in [2.45, 2.75) is 38.1 Å². The fourth-order valence-electron chi connectivity index (χ4n) is 2.10. The number of ether oxygens (including phenoxy) is 2. The summed E-state index contributed by atoms with van der Waals surface area (Å²) in [5, 5.41) is 0. The van der Waals surface area contributed by atoms with Gasteiger partial charge in [-0.2, -0.15) is 0 Å². The van der Waals surface area contributed by atoms with Crippen LogP contribution in [0, 0.1) is 0 Å². The van der Waals surface area contributed by atoms with Gasteiger partial charge in [0.25, 0.3) is 0 Å². The zero-order chi connectivity index (χ0) is 10.3. The van der Waals surface area contributed by atoms with Crippen LogP contribution >= 0.6 is 0 Å². The molecule has 14 heavy (non-hydrogen) atoms. The minimum Gasteiger partial charge on any atom is -0.443 e. The zero-order valence-corrected chi connectivity index (χ0v) is 8.53. The summed E-state index contributed by atoms with van der Waals surface area (Å²) in [6.45, 7) is 7.96. The molecule has 2 atom stereocenters. The molecule has 4 nitrogen and oxygen atoms in total. The van der Waals surface area contributed by atoms with E-state index in [0.717, 1.165) is 0 Å². The Morgan fingerprint density at radius 2 is 2.43 bits per heavy atom. The average molecular weight is 197 g/mol. The van der Waals surface area contributed by atoms with Gasteiger partial charge in [-0.1, -0.05) is 6.08 Å². The number of carbonyl (C=O) groups is 1. The molecule has 4 heteroatoms.